The van der Waals surface area contributed by atoms with E-state index in [4.69, 9.17) is 4.74 Å². The van der Waals surface area contributed by atoms with Crippen LogP contribution in [0.1, 0.15) is 42.3 Å². The zero-order chi connectivity index (χ0) is 24.2. The molecule has 178 valence electrons. The van der Waals surface area contributed by atoms with Crippen molar-refractivity contribution in [3.63, 3.8) is 0 Å². The maximum atomic E-state index is 13.1. The molecule has 9 heteroatoms. The highest BCUT2D eigenvalue weighted by Gasteiger charge is 2.29. The Kier molecular flexibility index (Phi) is 7.44. The molecule has 0 aliphatic carbocycles. The Hall–Kier alpha value is -2.91. The number of nitrogens with zero attached hydrogens (tertiary/aromatic N) is 2. The van der Waals surface area contributed by atoms with Crippen LogP contribution >= 0.6 is 0 Å². The van der Waals surface area contributed by atoms with Crippen molar-refractivity contribution in [1.82, 2.24) is 14.5 Å². The highest BCUT2D eigenvalue weighted by Crippen LogP contribution is 2.20. The maximum absolute atomic E-state index is 13.1. The number of sulfonamides is 1. The van der Waals surface area contributed by atoms with E-state index in [2.05, 4.69) is 4.72 Å². The first-order chi connectivity index (χ1) is 15.5. The number of piperazine rings is 1. The minimum absolute atomic E-state index is 0.0803. The fraction of sp³-hybridized carbons (Fsp3) is 0.417. The fourth-order valence-corrected chi connectivity index (χ4v) is 4.76. The number of hydrogen-bond donors (Lipinski definition) is 1. The summed E-state index contributed by atoms with van der Waals surface area (Å²) < 4.78 is 33.8. The van der Waals surface area contributed by atoms with Gasteiger partial charge in [-0.3, -0.25) is 4.79 Å². The van der Waals surface area contributed by atoms with Crippen molar-refractivity contribution in [2.24, 2.45) is 0 Å². The van der Waals surface area contributed by atoms with Gasteiger partial charge in [-0.05, 0) is 51.0 Å². The van der Waals surface area contributed by atoms with E-state index < -0.39 is 21.7 Å². The van der Waals surface area contributed by atoms with Gasteiger partial charge in [0.05, 0.1) is 4.90 Å². The van der Waals surface area contributed by atoms with Crippen molar-refractivity contribution >= 4 is 22.0 Å². The van der Waals surface area contributed by atoms with Crippen LogP contribution in [0.25, 0.3) is 0 Å². The van der Waals surface area contributed by atoms with E-state index in [-0.39, 0.29) is 17.3 Å². The molecule has 1 fully saturated rings. The van der Waals surface area contributed by atoms with Gasteiger partial charge in [0.15, 0.2) is 0 Å². The predicted molar refractivity (Wildman–Crippen MR) is 125 cm³/mol. The fourth-order valence-electron chi connectivity index (χ4n) is 3.48. The second kappa shape index (κ2) is 9.93. The van der Waals surface area contributed by atoms with Gasteiger partial charge in [0.2, 0.25) is 10.0 Å². The second-order valence-corrected chi connectivity index (χ2v) is 10.8. The smallest absolute Gasteiger partial charge is 0.410 e. The summed E-state index contributed by atoms with van der Waals surface area (Å²) in [6.45, 7) is 8.69. The van der Waals surface area contributed by atoms with Crippen LogP contribution in [0, 0.1) is 6.92 Å². The first kappa shape index (κ1) is 24.7. The molecular weight excluding hydrogens is 442 g/mol. The van der Waals surface area contributed by atoms with E-state index >= 15 is 0 Å². The molecule has 8 nitrogen and oxygen atoms in total. The molecule has 2 amide bonds. The van der Waals surface area contributed by atoms with Crippen molar-refractivity contribution < 1.29 is 22.7 Å². The standard InChI is InChI=1S/C24H31N3O5S/c1-18-10-11-20(16-21(18)33(30,31)25-17-19-8-6-5-7-9-19)22(28)26-12-14-27(15-13-26)23(29)32-24(2,3)4/h5-11,16,25H,12-15,17H2,1-4H3. The van der Waals surface area contributed by atoms with Crippen molar-refractivity contribution in [1.29, 1.82) is 0 Å². The van der Waals surface area contributed by atoms with Crippen LogP contribution < -0.4 is 4.72 Å². The number of ether oxygens (including phenoxy) is 1. The lowest BCUT2D eigenvalue weighted by Gasteiger charge is -2.35. The highest BCUT2D eigenvalue weighted by atomic mass is 32.2. The number of carbonyl (C=O) groups is 2. The number of rotatable bonds is 5. The number of aryl methyl sites for hydroxylation is 1. The van der Waals surface area contributed by atoms with Gasteiger partial charge in [-0.1, -0.05) is 36.4 Å². The molecule has 0 saturated carbocycles. The summed E-state index contributed by atoms with van der Waals surface area (Å²) in [4.78, 5) is 28.6. The van der Waals surface area contributed by atoms with Crippen LogP contribution in [-0.2, 0) is 21.3 Å². The molecule has 1 aliphatic rings. The topological polar surface area (TPSA) is 96.0 Å². The largest absolute Gasteiger partial charge is 0.444 e. The van der Waals surface area contributed by atoms with Crippen LogP contribution in [0.4, 0.5) is 4.79 Å². The molecule has 0 atom stereocenters. The average Bonchev–Trinajstić information content (AvgIpc) is 2.77. The first-order valence-electron chi connectivity index (χ1n) is 10.9. The van der Waals surface area contributed by atoms with E-state index in [0.29, 0.717) is 37.3 Å². The van der Waals surface area contributed by atoms with Crippen molar-refractivity contribution in [3.8, 4) is 0 Å². The Morgan fingerprint density at radius 1 is 0.970 bits per heavy atom. The minimum atomic E-state index is -3.80. The van der Waals surface area contributed by atoms with Crippen molar-refractivity contribution in [3.05, 3.63) is 65.2 Å². The third kappa shape index (κ3) is 6.55. The summed E-state index contributed by atoms with van der Waals surface area (Å²) in [7, 11) is -3.80. The van der Waals surface area contributed by atoms with E-state index in [1.54, 1.807) is 28.9 Å². The third-order valence-corrected chi connectivity index (χ3v) is 6.80. The van der Waals surface area contributed by atoms with E-state index in [1.807, 2.05) is 51.1 Å². The normalized spacial score (nSPS) is 14.8. The van der Waals surface area contributed by atoms with E-state index in [1.165, 1.54) is 6.07 Å². The quantitative estimate of drug-likeness (QED) is 0.720. The van der Waals surface area contributed by atoms with Crippen LogP contribution in [-0.4, -0.2) is 62.0 Å². The second-order valence-electron chi connectivity index (χ2n) is 9.05. The monoisotopic (exact) mass is 473 g/mol. The highest BCUT2D eigenvalue weighted by molar-refractivity contribution is 7.89. The number of hydrogen-bond acceptors (Lipinski definition) is 5. The van der Waals surface area contributed by atoms with Gasteiger partial charge < -0.3 is 14.5 Å². The van der Waals surface area contributed by atoms with E-state index in [0.717, 1.165) is 5.56 Å². The Balaban J connectivity index is 1.67. The van der Waals surface area contributed by atoms with E-state index in [9.17, 15) is 18.0 Å². The summed E-state index contributed by atoms with van der Waals surface area (Å²) in [5.41, 5.74) is 1.12. The molecule has 1 N–H and O–H groups in total. The van der Waals surface area contributed by atoms with Gasteiger partial charge >= 0.3 is 6.09 Å². The molecule has 0 unspecified atom stereocenters. The molecule has 0 radical (unpaired) electrons. The Labute approximate surface area is 195 Å². The molecule has 33 heavy (non-hydrogen) atoms. The molecule has 0 spiro atoms. The van der Waals surface area contributed by atoms with Crippen molar-refractivity contribution in [2.75, 3.05) is 26.2 Å². The molecule has 0 bridgehead atoms. The zero-order valence-electron chi connectivity index (χ0n) is 19.5. The first-order valence-corrected chi connectivity index (χ1v) is 12.4. The van der Waals surface area contributed by atoms with Crippen LogP contribution in [0.3, 0.4) is 0 Å². The molecule has 1 heterocycles. The summed E-state index contributed by atoms with van der Waals surface area (Å²) in [5.74, 6) is -0.265. The number of benzene rings is 2. The minimum Gasteiger partial charge on any atom is -0.444 e. The van der Waals surface area contributed by atoms with Gasteiger partial charge in [0, 0.05) is 38.3 Å². The SMILES string of the molecule is Cc1ccc(C(=O)N2CCN(C(=O)OC(C)(C)C)CC2)cc1S(=O)(=O)NCc1ccccc1. The van der Waals surface area contributed by atoms with Gasteiger partial charge in [0.1, 0.15) is 5.60 Å². The molecule has 1 saturated heterocycles. The van der Waals surface area contributed by atoms with Crippen molar-refractivity contribution in [2.45, 2.75) is 44.7 Å². The molecule has 2 aromatic carbocycles. The van der Waals surface area contributed by atoms with Gasteiger partial charge in [-0.15, -0.1) is 0 Å². The van der Waals surface area contributed by atoms with Gasteiger partial charge in [-0.2, -0.15) is 0 Å². The predicted octanol–water partition coefficient (Wildman–Crippen LogP) is 3.17. The van der Waals surface area contributed by atoms with Crippen LogP contribution in [0.5, 0.6) is 0 Å². The molecule has 1 aliphatic heterocycles. The lowest BCUT2D eigenvalue weighted by Crippen LogP contribution is -2.51. The number of amides is 2. The van der Waals surface area contributed by atoms with Gasteiger partial charge in [-0.25, -0.2) is 17.9 Å². The summed E-state index contributed by atoms with van der Waals surface area (Å²) >= 11 is 0. The average molecular weight is 474 g/mol. The third-order valence-electron chi connectivity index (χ3n) is 5.25. The van der Waals surface area contributed by atoms with Crippen LogP contribution in [0.2, 0.25) is 0 Å². The summed E-state index contributed by atoms with van der Waals surface area (Å²) in [5, 5.41) is 0. The number of nitrogens with one attached hydrogen (secondary N) is 1. The maximum Gasteiger partial charge on any atom is 0.410 e. The summed E-state index contributed by atoms with van der Waals surface area (Å²) in [6.07, 6.45) is -0.400. The lowest BCUT2D eigenvalue weighted by molar-refractivity contribution is 0.0141. The molecule has 2 aromatic rings. The van der Waals surface area contributed by atoms with Crippen LogP contribution in [0.15, 0.2) is 53.4 Å². The molecule has 3 rings (SSSR count). The Morgan fingerprint density at radius 3 is 2.18 bits per heavy atom. The molecular formula is C24H31N3O5S. The summed E-state index contributed by atoms with van der Waals surface area (Å²) in [6, 6.07) is 13.9. The molecule has 0 aromatic heterocycles. The Morgan fingerprint density at radius 2 is 1.58 bits per heavy atom. The lowest BCUT2D eigenvalue weighted by atomic mass is 10.1. The number of carbonyl (C=O) groups excluding carboxylic acids is 2. The zero-order valence-corrected chi connectivity index (χ0v) is 20.3. The Bertz CT molecular complexity index is 1100. The van der Waals surface area contributed by atoms with Gasteiger partial charge in [0.25, 0.3) is 5.91 Å².